The highest BCUT2D eigenvalue weighted by atomic mass is 16.8. The summed E-state index contributed by atoms with van der Waals surface area (Å²) in [6.07, 6.45) is -19.2. The van der Waals surface area contributed by atoms with Gasteiger partial charge in [-0.1, -0.05) is 60.1 Å². The molecular weight excluding hydrogens is 881 g/mol. The van der Waals surface area contributed by atoms with Crippen LogP contribution in [0.25, 0.3) is 0 Å². The van der Waals surface area contributed by atoms with Crippen molar-refractivity contribution in [3.8, 4) is 0 Å². The molecule has 0 spiro atoms. The van der Waals surface area contributed by atoms with E-state index in [0.29, 0.717) is 25.7 Å². The summed E-state index contributed by atoms with van der Waals surface area (Å²) >= 11 is 0. The zero-order chi connectivity index (χ0) is 49.1. The van der Waals surface area contributed by atoms with Crippen LogP contribution in [-0.2, 0) is 38.0 Å². The van der Waals surface area contributed by atoms with Gasteiger partial charge in [0.2, 0.25) is 0 Å². The zero-order valence-electron chi connectivity index (χ0n) is 39.7. The lowest BCUT2D eigenvalue weighted by Gasteiger charge is -2.71. The maximum Gasteiger partial charge on any atom is 0.335 e. The van der Waals surface area contributed by atoms with E-state index in [0.717, 1.165) is 38.4 Å². The molecule has 0 aromatic rings. The Hall–Kier alpha value is -1.76. The fraction of sp³-hybridized carbons (Fsp3) is 0.917. The van der Waals surface area contributed by atoms with Gasteiger partial charge in [-0.05, 0) is 103 Å². The van der Waals surface area contributed by atoms with Gasteiger partial charge in [0.15, 0.2) is 25.0 Å². The summed E-state index contributed by atoms with van der Waals surface area (Å²) in [4.78, 5) is 25.8. The monoisotopic (exact) mass is 956 g/mol. The van der Waals surface area contributed by atoms with Gasteiger partial charge in [-0.25, -0.2) is 4.79 Å². The lowest BCUT2D eigenvalue weighted by molar-refractivity contribution is -0.396. The second-order valence-corrected chi connectivity index (χ2v) is 23.5. The molecule has 7 fully saturated rings. The third-order valence-electron chi connectivity index (χ3n) is 19.3. The maximum absolute atomic E-state index is 13.0. The normalized spacial score (nSPS) is 53.8. The standard InChI is InChI=1S/C48H76O19/c1-43(2)14-15-48(20-51)22(16-43)21-8-9-26-45(5)12-11-28(44(3,4)25(45)10-13-46(26,6)47(21,7)17-27(48)52)64-42-38(67-41-34(58)32(56)30(54)24(19-50)63-41)36(35(59)37(66-42)39(60)61)65-40-33(57)31(55)29(53)23(18-49)62-40/h8,20,22-38,40-42,49-50,52-59H,9-19H2,1-7H3,(H,60,61). The van der Waals surface area contributed by atoms with Crippen LogP contribution in [0.2, 0.25) is 0 Å². The largest absolute Gasteiger partial charge is 0.479 e. The second kappa shape index (κ2) is 18.1. The van der Waals surface area contributed by atoms with Crippen molar-refractivity contribution >= 4 is 12.3 Å². The molecule has 3 heterocycles. The Bertz CT molecular complexity index is 1860. The molecule has 382 valence electrons. The number of hydrogen-bond acceptors (Lipinski definition) is 18. The van der Waals surface area contributed by atoms with E-state index < -0.39 is 134 Å². The summed E-state index contributed by atoms with van der Waals surface area (Å²) in [5.41, 5.74) is -0.987. The van der Waals surface area contributed by atoms with Gasteiger partial charge in [0, 0.05) is 0 Å². The van der Waals surface area contributed by atoms with Crippen molar-refractivity contribution in [3.05, 3.63) is 11.6 Å². The first kappa shape index (κ1) is 51.6. The zero-order valence-corrected chi connectivity index (χ0v) is 39.7. The van der Waals surface area contributed by atoms with E-state index in [4.69, 9.17) is 28.4 Å². The first-order valence-corrected chi connectivity index (χ1v) is 24.3. The molecule has 4 saturated carbocycles. The van der Waals surface area contributed by atoms with Crippen molar-refractivity contribution in [1.29, 1.82) is 0 Å². The molecule has 19 nitrogen and oxygen atoms in total. The highest BCUT2D eigenvalue weighted by molar-refractivity contribution is 5.73. The number of aliphatic hydroxyl groups is 10. The molecule has 24 atom stereocenters. The van der Waals surface area contributed by atoms with Gasteiger partial charge >= 0.3 is 5.97 Å². The van der Waals surface area contributed by atoms with E-state index in [-0.39, 0.29) is 39.4 Å². The summed E-state index contributed by atoms with van der Waals surface area (Å²) in [7, 11) is 0. The van der Waals surface area contributed by atoms with E-state index >= 15 is 0 Å². The van der Waals surface area contributed by atoms with Gasteiger partial charge in [0.1, 0.15) is 73.4 Å². The molecule has 8 rings (SSSR count). The minimum atomic E-state index is -2.13. The number of fused-ring (bicyclic) bond motifs is 7. The van der Waals surface area contributed by atoms with Crippen LogP contribution >= 0.6 is 0 Å². The molecule has 0 aromatic carbocycles. The average Bonchev–Trinajstić information content (AvgIpc) is 3.26. The van der Waals surface area contributed by atoms with E-state index in [2.05, 4.69) is 54.5 Å². The molecule has 0 aromatic heterocycles. The molecule has 24 unspecified atom stereocenters. The first-order valence-electron chi connectivity index (χ1n) is 24.3. The molecule has 8 aliphatic rings. The van der Waals surface area contributed by atoms with Gasteiger partial charge in [-0.15, -0.1) is 0 Å². The Morgan fingerprint density at radius 3 is 1.81 bits per heavy atom. The summed E-state index contributed by atoms with van der Waals surface area (Å²) in [5.74, 6) is -1.48. The van der Waals surface area contributed by atoms with Crippen LogP contribution in [0.4, 0.5) is 0 Å². The van der Waals surface area contributed by atoms with E-state index in [1.165, 1.54) is 5.57 Å². The predicted octanol–water partition coefficient (Wildman–Crippen LogP) is -0.116. The Morgan fingerprint density at radius 1 is 0.672 bits per heavy atom. The van der Waals surface area contributed by atoms with E-state index in [1.54, 1.807) is 0 Å². The number of hydrogen-bond donors (Lipinski definition) is 11. The number of aliphatic carboxylic acids is 1. The Labute approximate surface area is 391 Å². The van der Waals surface area contributed by atoms with Gasteiger partial charge in [0.25, 0.3) is 0 Å². The van der Waals surface area contributed by atoms with Crippen LogP contribution < -0.4 is 0 Å². The number of rotatable bonds is 10. The summed E-state index contributed by atoms with van der Waals surface area (Å²) in [6, 6.07) is 0. The average molecular weight is 957 g/mol. The molecule has 5 aliphatic carbocycles. The molecule has 3 saturated heterocycles. The molecule has 0 amide bonds. The predicted molar refractivity (Wildman–Crippen MR) is 231 cm³/mol. The van der Waals surface area contributed by atoms with E-state index in [1.807, 2.05) is 0 Å². The van der Waals surface area contributed by atoms with Crippen LogP contribution in [0.5, 0.6) is 0 Å². The van der Waals surface area contributed by atoms with Crippen molar-refractivity contribution < 1.29 is 94.2 Å². The SMILES string of the molecule is CC1(C)CCC2(C=O)C(O)CC3(C)C(=CCC4C5(C)CCC(OC6OC(C(=O)O)C(O)C(OC7OC(CO)C(O)C(O)C7O)C6OC6OC(CO)C(O)C(O)C6O)C(C)(C)C5CCC43C)C2C1. The van der Waals surface area contributed by atoms with Crippen LogP contribution in [0.1, 0.15) is 106 Å². The number of aldehydes is 1. The third-order valence-corrected chi connectivity index (χ3v) is 19.3. The molecule has 0 bridgehead atoms. The molecular formula is C48H76O19. The summed E-state index contributed by atoms with van der Waals surface area (Å²) in [5, 5.41) is 118. The molecule has 19 heteroatoms. The van der Waals surface area contributed by atoms with Crippen LogP contribution in [0.15, 0.2) is 11.6 Å². The number of ether oxygens (including phenoxy) is 6. The minimum absolute atomic E-state index is 0.0232. The number of carboxylic acid groups (broad SMARTS) is 1. The summed E-state index contributed by atoms with van der Waals surface area (Å²) in [6.45, 7) is 14.1. The highest BCUT2D eigenvalue weighted by Crippen LogP contribution is 2.75. The second-order valence-electron chi connectivity index (χ2n) is 23.5. The smallest absolute Gasteiger partial charge is 0.335 e. The van der Waals surface area contributed by atoms with Crippen molar-refractivity contribution in [2.24, 2.45) is 50.2 Å². The van der Waals surface area contributed by atoms with Crippen LogP contribution in [-0.4, -0.2) is 186 Å². The fourth-order valence-electron chi connectivity index (χ4n) is 15.1. The number of carbonyl (C=O) groups is 2. The van der Waals surface area contributed by atoms with Crippen molar-refractivity contribution in [2.45, 2.75) is 211 Å². The van der Waals surface area contributed by atoms with Crippen LogP contribution in [0, 0.1) is 50.2 Å². The van der Waals surface area contributed by atoms with Crippen molar-refractivity contribution in [2.75, 3.05) is 13.2 Å². The third kappa shape index (κ3) is 8.01. The highest BCUT2D eigenvalue weighted by Gasteiger charge is 2.70. The topological polar surface area (TPSA) is 312 Å². The Morgan fingerprint density at radius 2 is 1.25 bits per heavy atom. The van der Waals surface area contributed by atoms with Crippen molar-refractivity contribution in [1.82, 2.24) is 0 Å². The lowest BCUT2D eigenvalue weighted by atomic mass is 9.33. The molecule has 3 aliphatic heterocycles. The van der Waals surface area contributed by atoms with Crippen LogP contribution in [0.3, 0.4) is 0 Å². The first-order chi connectivity index (χ1) is 31.3. The lowest BCUT2D eigenvalue weighted by Crippen LogP contribution is -2.69. The number of carboxylic acids is 1. The molecule has 0 radical (unpaired) electrons. The van der Waals surface area contributed by atoms with Gasteiger partial charge in [0.05, 0.1) is 30.8 Å². The molecule has 67 heavy (non-hydrogen) atoms. The van der Waals surface area contributed by atoms with Gasteiger partial charge in [-0.3, -0.25) is 0 Å². The number of carbonyl (C=O) groups excluding carboxylic acids is 1. The number of aliphatic hydroxyl groups excluding tert-OH is 10. The Kier molecular flexibility index (Phi) is 13.9. The minimum Gasteiger partial charge on any atom is -0.479 e. The summed E-state index contributed by atoms with van der Waals surface area (Å²) < 4.78 is 36.4. The quantitative estimate of drug-likeness (QED) is 0.0773. The van der Waals surface area contributed by atoms with E-state index in [9.17, 15) is 65.8 Å². The van der Waals surface area contributed by atoms with Gasteiger partial charge < -0.3 is 89.4 Å². The number of allylic oxidation sites excluding steroid dienone is 2. The molecule has 11 N–H and O–H groups in total. The van der Waals surface area contributed by atoms with Gasteiger partial charge in [-0.2, -0.15) is 0 Å². The maximum atomic E-state index is 13.0. The van der Waals surface area contributed by atoms with Crippen molar-refractivity contribution in [3.63, 3.8) is 0 Å². The Balaban J connectivity index is 1.11. The fourth-order valence-corrected chi connectivity index (χ4v) is 15.1.